The van der Waals surface area contributed by atoms with Crippen LogP contribution in [0, 0.1) is 5.82 Å². The van der Waals surface area contributed by atoms with Gasteiger partial charge in [-0.3, -0.25) is 4.99 Å². The molecule has 0 heterocycles. The number of nitrogens with zero attached hydrogens (tertiary/aromatic N) is 1. The third kappa shape index (κ3) is 6.50. The lowest BCUT2D eigenvalue weighted by Gasteiger charge is -2.18. The van der Waals surface area contributed by atoms with Crippen LogP contribution in [0.4, 0.5) is 4.39 Å². The van der Waals surface area contributed by atoms with E-state index in [1.807, 2.05) is 6.92 Å². The van der Waals surface area contributed by atoms with Gasteiger partial charge in [0.2, 0.25) is 10.0 Å². The lowest BCUT2D eigenvalue weighted by molar-refractivity contribution is 0.223. The summed E-state index contributed by atoms with van der Waals surface area (Å²) >= 11 is 0. The normalized spacial score (nSPS) is 13.1. The fraction of sp³-hybridized carbons (Fsp3) is 0.316. The molecule has 0 amide bonds. The molecular weight excluding hydrogens is 383 g/mol. The van der Waals surface area contributed by atoms with Gasteiger partial charge >= 0.3 is 0 Å². The number of ether oxygens (including phenoxy) is 1. The van der Waals surface area contributed by atoms with E-state index in [-0.39, 0.29) is 16.8 Å². The Morgan fingerprint density at radius 2 is 1.75 bits per heavy atom. The molecule has 2 aromatic rings. The monoisotopic (exact) mass is 408 g/mol. The summed E-state index contributed by atoms with van der Waals surface area (Å²) < 4.78 is 44.4. The third-order valence-electron chi connectivity index (χ3n) is 3.89. The second-order valence-electron chi connectivity index (χ2n) is 6.04. The van der Waals surface area contributed by atoms with E-state index < -0.39 is 10.0 Å². The van der Waals surface area contributed by atoms with E-state index in [1.165, 1.54) is 19.2 Å². The van der Waals surface area contributed by atoms with Crippen LogP contribution < -0.4 is 20.1 Å². The molecule has 1 unspecified atom stereocenters. The highest BCUT2D eigenvalue weighted by atomic mass is 32.2. The zero-order chi connectivity index (χ0) is 20.6. The molecule has 9 heteroatoms. The molecule has 0 radical (unpaired) electrons. The van der Waals surface area contributed by atoms with Crippen LogP contribution in [0.5, 0.6) is 5.75 Å². The van der Waals surface area contributed by atoms with Gasteiger partial charge in [-0.15, -0.1) is 0 Å². The van der Waals surface area contributed by atoms with Crippen molar-refractivity contribution in [2.75, 3.05) is 20.6 Å². The van der Waals surface area contributed by atoms with Crippen LogP contribution in [-0.4, -0.2) is 41.1 Å². The quantitative estimate of drug-likeness (QED) is 0.458. The van der Waals surface area contributed by atoms with Crippen LogP contribution in [0.25, 0.3) is 0 Å². The van der Waals surface area contributed by atoms with E-state index in [2.05, 4.69) is 20.3 Å². The molecule has 0 saturated heterocycles. The highest BCUT2D eigenvalue weighted by molar-refractivity contribution is 7.89. The lowest BCUT2D eigenvalue weighted by Crippen LogP contribution is -2.41. The second-order valence-corrected chi connectivity index (χ2v) is 7.93. The Labute approximate surface area is 165 Å². The van der Waals surface area contributed by atoms with Crippen molar-refractivity contribution < 1.29 is 17.5 Å². The standard InChI is InChI=1S/C19H25FN4O3S/c1-14(27-17-8-6-16(20)7-9-17)12-23-19(21-2)24-13-15-4-10-18(11-5-15)28(25,26)22-3/h4-11,14,22H,12-13H2,1-3H3,(H2,21,23,24). The summed E-state index contributed by atoms with van der Waals surface area (Å²) in [6.07, 6.45) is -0.157. The number of nitrogens with one attached hydrogen (secondary N) is 3. The topological polar surface area (TPSA) is 91.8 Å². The van der Waals surface area contributed by atoms with Crippen molar-refractivity contribution in [3.8, 4) is 5.75 Å². The Bertz CT molecular complexity index is 884. The molecule has 152 valence electrons. The first-order valence-electron chi connectivity index (χ1n) is 8.73. The molecule has 0 bridgehead atoms. The lowest BCUT2D eigenvalue weighted by atomic mass is 10.2. The number of hydrogen-bond acceptors (Lipinski definition) is 4. The third-order valence-corrected chi connectivity index (χ3v) is 5.32. The Morgan fingerprint density at radius 3 is 2.32 bits per heavy atom. The maximum Gasteiger partial charge on any atom is 0.240 e. The molecule has 0 fully saturated rings. The number of benzene rings is 2. The van der Waals surface area contributed by atoms with Gasteiger partial charge in [-0.25, -0.2) is 17.5 Å². The Kier molecular flexibility index (Phi) is 7.77. The first kappa shape index (κ1) is 21.6. The van der Waals surface area contributed by atoms with Crippen LogP contribution in [0.15, 0.2) is 58.4 Å². The zero-order valence-electron chi connectivity index (χ0n) is 16.1. The van der Waals surface area contributed by atoms with Crippen molar-refractivity contribution in [1.29, 1.82) is 0 Å². The van der Waals surface area contributed by atoms with Gasteiger partial charge in [0.05, 0.1) is 11.4 Å². The largest absolute Gasteiger partial charge is 0.489 e. The fourth-order valence-electron chi connectivity index (χ4n) is 2.34. The van der Waals surface area contributed by atoms with E-state index in [0.717, 1.165) is 5.56 Å². The second kappa shape index (κ2) is 10.0. The fourth-order valence-corrected chi connectivity index (χ4v) is 3.07. The number of sulfonamides is 1. The van der Waals surface area contributed by atoms with E-state index >= 15 is 0 Å². The van der Waals surface area contributed by atoms with Crippen molar-refractivity contribution in [3.05, 3.63) is 59.9 Å². The molecule has 3 N–H and O–H groups in total. The summed E-state index contributed by atoms with van der Waals surface area (Å²) in [5.41, 5.74) is 0.911. The van der Waals surface area contributed by atoms with Gasteiger partial charge in [0.1, 0.15) is 17.7 Å². The molecular formula is C19H25FN4O3S. The first-order chi connectivity index (χ1) is 13.3. The van der Waals surface area contributed by atoms with E-state index in [0.29, 0.717) is 24.8 Å². The van der Waals surface area contributed by atoms with Crippen LogP contribution >= 0.6 is 0 Å². The highest BCUT2D eigenvalue weighted by Gasteiger charge is 2.10. The average Bonchev–Trinajstić information content (AvgIpc) is 2.70. The zero-order valence-corrected chi connectivity index (χ0v) is 16.9. The van der Waals surface area contributed by atoms with Crippen LogP contribution in [-0.2, 0) is 16.6 Å². The van der Waals surface area contributed by atoms with Gasteiger partial charge < -0.3 is 15.4 Å². The van der Waals surface area contributed by atoms with Gasteiger partial charge in [-0.05, 0) is 55.9 Å². The minimum Gasteiger partial charge on any atom is -0.489 e. The summed E-state index contributed by atoms with van der Waals surface area (Å²) in [7, 11) is -0.406. The van der Waals surface area contributed by atoms with Gasteiger partial charge in [0.25, 0.3) is 0 Å². The van der Waals surface area contributed by atoms with Crippen molar-refractivity contribution in [2.45, 2.75) is 24.5 Å². The van der Waals surface area contributed by atoms with Crippen LogP contribution in [0.3, 0.4) is 0 Å². The SMILES string of the molecule is CN=C(NCc1ccc(S(=O)(=O)NC)cc1)NCC(C)Oc1ccc(F)cc1. The molecule has 0 aliphatic rings. The van der Waals surface area contributed by atoms with Gasteiger partial charge in [0, 0.05) is 13.6 Å². The molecule has 7 nitrogen and oxygen atoms in total. The molecule has 2 aromatic carbocycles. The number of hydrogen-bond donors (Lipinski definition) is 3. The summed E-state index contributed by atoms with van der Waals surface area (Å²) in [5.74, 6) is 0.871. The molecule has 0 saturated carbocycles. The minimum atomic E-state index is -3.44. The van der Waals surface area contributed by atoms with E-state index in [4.69, 9.17) is 4.74 Å². The summed E-state index contributed by atoms with van der Waals surface area (Å²) in [4.78, 5) is 4.36. The van der Waals surface area contributed by atoms with Crippen molar-refractivity contribution in [3.63, 3.8) is 0 Å². The maximum atomic E-state index is 12.9. The summed E-state index contributed by atoms with van der Waals surface area (Å²) in [5, 5.41) is 6.30. The number of guanidine groups is 1. The van der Waals surface area contributed by atoms with E-state index in [9.17, 15) is 12.8 Å². The number of rotatable bonds is 8. The number of aliphatic imine (C=N–C) groups is 1. The van der Waals surface area contributed by atoms with Crippen molar-refractivity contribution in [1.82, 2.24) is 15.4 Å². The van der Waals surface area contributed by atoms with Gasteiger partial charge in [-0.2, -0.15) is 0 Å². The van der Waals surface area contributed by atoms with Gasteiger partial charge in [0.15, 0.2) is 5.96 Å². The molecule has 0 aliphatic heterocycles. The smallest absolute Gasteiger partial charge is 0.240 e. The highest BCUT2D eigenvalue weighted by Crippen LogP contribution is 2.13. The molecule has 0 spiro atoms. The van der Waals surface area contributed by atoms with Crippen LogP contribution in [0.2, 0.25) is 0 Å². The Morgan fingerprint density at radius 1 is 1.11 bits per heavy atom. The van der Waals surface area contributed by atoms with Crippen LogP contribution in [0.1, 0.15) is 12.5 Å². The summed E-state index contributed by atoms with van der Waals surface area (Å²) in [6.45, 7) is 2.87. The Hall–Kier alpha value is -2.65. The molecule has 2 rings (SSSR count). The van der Waals surface area contributed by atoms with Gasteiger partial charge in [-0.1, -0.05) is 12.1 Å². The molecule has 28 heavy (non-hydrogen) atoms. The molecule has 0 aromatic heterocycles. The minimum absolute atomic E-state index is 0.157. The molecule has 1 atom stereocenters. The van der Waals surface area contributed by atoms with Crippen molar-refractivity contribution >= 4 is 16.0 Å². The first-order valence-corrected chi connectivity index (χ1v) is 10.2. The predicted molar refractivity (Wildman–Crippen MR) is 107 cm³/mol. The predicted octanol–water partition coefficient (Wildman–Crippen LogP) is 1.87. The molecule has 0 aliphatic carbocycles. The average molecular weight is 408 g/mol. The maximum absolute atomic E-state index is 12.9. The number of halogens is 1. The van der Waals surface area contributed by atoms with E-state index in [1.54, 1.807) is 43.4 Å². The summed E-state index contributed by atoms with van der Waals surface area (Å²) in [6, 6.07) is 12.4. The van der Waals surface area contributed by atoms with Crippen molar-refractivity contribution in [2.24, 2.45) is 4.99 Å². The Balaban J connectivity index is 1.81.